The molecule has 70 valence electrons. The van der Waals surface area contributed by atoms with Gasteiger partial charge in [-0.25, -0.2) is 0 Å². The first kappa shape index (κ1) is 8.85. The van der Waals surface area contributed by atoms with E-state index in [4.69, 9.17) is 11.6 Å². The largest absolute Gasteiger partial charge is 0.508 e. The lowest BCUT2D eigenvalue weighted by Gasteiger charge is -2.13. The van der Waals surface area contributed by atoms with Crippen molar-refractivity contribution in [2.75, 3.05) is 0 Å². The summed E-state index contributed by atoms with van der Waals surface area (Å²) in [4.78, 5) is 0. The van der Waals surface area contributed by atoms with Crippen LogP contribution in [0.4, 0.5) is 0 Å². The summed E-state index contributed by atoms with van der Waals surface area (Å²) < 4.78 is 0. The molecule has 0 aromatic heterocycles. The van der Waals surface area contributed by atoms with E-state index in [9.17, 15) is 10.2 Å². The molecule has 0 unspecified atom stereocenters. The summed E-state index contributed by atoms with van der Waals surface area (Å²) in [7, 11) is 0. The molecule has 0 aliphatic heterocycles. The first-order valence-corrected chi connectivity index (χ1v) is 4.63. The molecule has 2 rings (SSSR count). The summed E-state index contributed by atoms with van der Waals surface area (Å²) in [6.45, 7) is 1.86. The number of rotatable bonds is 1. The highest BCUT2D eigenvalue weighted by molar-refractivity contribution is 6.32. The van der Waals surface area contributed by atoms with Crippen LogP contribution in [0.5, 0.6) is 5.75 Å². The molecule has 3 heteroatoms. The molecule has 1 aromatic carbocycles. The van der Waals surface area contributed by atoms with E-state index in [2.05, 4.69) is 0 Å². The SMILES string of the molecule is Cc1ccc(O)c(C2(O)CC2)c1Cl. The lowest BCUT2D eigenvalue weighted by atomic mass is 10.0. The number of hydrogen-bond donors (Lipinski definition) is 2. The van der Waals surface area contributed by atoms with Crippen molar-refractivity contribution < 1.29 is 10.2 Å². The summed E-state index contributed by atoms with van der Waals surface area (Å²) in [5, 5.41) is 19.9. The van der Waals surface area contributed by atoms with Gasteiger partial charge in [-0.1, -0.05) is 17.7 Å². The zero-order valence-corrected chi connectivity index (χ0v) is 8.10. The monoisotopic (exact) mass is 198 g/mol. The smallest absolute Gasteiger partial charge is 0.123 e. The predicted molar refractivity (Wildman–Crippen MR) is 51.0 cm³/mol. The van der Waals surface area contributed by atoms with Crippen LogP contribution in [0.25, 0.3) is 0 Å². The molecule has 1 fully saturated rings. The second-order valence-electron chi connectivity index (χ2n) is 3.62. The molecular weight excluding hydrogens is 188 g/mol. The molecule has 1 aliphatic carbocycles. The highest BCUT2D eigenvalue weighted by Crippen LogP contribution is 2.51. The fraction of sp³-hybridized carbons (Fsp3) is 0.400. The average molecular weight is 199 g/mol. The molecular formula is C10H11ClO2. The summed E-state index contributed by atoms with van der Waals surface area (Å²) in [6.07, 6.45) is 1.37. The number of aryl methyl sites for hydroxylation is 1. The number of benzene rings is 1. The van der Waals surface area contributed by atoms with Gasteiger partial charge in [-0.05, 0) is 31.4 Å². The number of hydrogen-bond acceptors (Lipinski definition) is 2. The molecule has 0 heterocycles. The van der Waals surface area contributed by atoms with Crippen molar-refractivity contribution in [3.8, 4) is 5.75 Å². The Morgan fingerprint density at radius 1 is 1.38 bits per heavy atom. The minimum atomic E-state index is -0.868. The molecule has 0 amide bonds. The van der Waals surface area contributed by atoms with E-state index in [-0.39, 0.29) is 5.75 Å². The molecule has 2 nitrogen and oxygen atoms in total. The van der Waals surface area contributed by atoms with Gasteiger partial charge in [0, 0.05) is 5.56 Å². The molecule has 13 heavy (non-hydrogen) atoms. The second kappa shape index (κ2) is 2.63. The predicted octanol–water partition coefficient (Wildman–Crippen LogP) is 2.34. The first-order valence-electron chi connectivity index (χ1n) is 4.25. The highest BCUT2D eigenvalue weighted by Gasteiger charge is 2.45. The van der Waals surface area contributed by atoms with Crippen LogP contribution in [-0.2, 0) is 5.60 Å². The Labute approximate surface area is 81.8 Å². The Morgan fingerprint density at radius 3 is 2.54 bits per heavy atom. The quantitative estimate of drug-likeness (QED) is 0.727. The molecule has 2 N–H and O–H groups in total. The first-order chi connectivity index (χ1) is 6.04. The maximum absolute atomic E-state index is 9.84. The van der Waals surface area contributed by atoms with Gasteiger partial charge in [-0.15, -0.1) is 0 Å². The van der Waals surface area contributed by atoms with Gasteiger partial charge in [-0.3, -0.25) is 0 Å². The number of aliphatic hydroxyl groups is 1. The van der Waals surface area contributed by atoms with E-state index >= 15 is 0 Å². The van der Waals surface area contributed by atoms with Gasteiger partial charge in [0.25, 0.3) is 0 Å². The minimum absolute atomic E-state index is 0.0931. The molecule has 0 atom stereocenters. The number of halogens is 1. The third-order valence-corrected chi connectivity index (χ3v) is 2.99. The van der Waals surface area contributed by atoms with Crippen LogP contribution in [0, 0.1) is 6.92 Å². The lowest BCUT2D eigenvalue weighted by Crippen LogP contribution is -2.06. The van der Waals surface area contributed by atoms with Gasteiger partial charge in [0.1, 0.15) is 5.75 Å². The molecule has 1 aromatic rings. The minimum Gasteiger partial charge on any atom is -0.508 e. The highest BCUT2D eigenvalue weighted by atomic mass is 35.5. The normalized spacial score (nSPS) is 18.7. The Hall–Kier alpha value is -0.730. The van der Waals surface area contributed by atoms with Crippen molar-refractivity contribution in [2.24, 2.45) is 0 Å². The summed E-state index contributed by atoms with van der Waals surface area (Å²) >= 11 is 6.00. The topological polar surface area (TPSA) is 40.5 Å². The van der Waals surface area contributed by atoms with E-state index in [0.29, 0.717) is 23.4 Å². The Bertz CT molecular complexity index is 356. The van der Waals surface area contributed by atoms with Gasteiger partial charge in [0.15, 0.2) is 0 Å². The fourth-order valence-electron chi connectivity index (χ4n) is 1.48. The van der Waals surface area contributed by atoms with Crippen LogP contribution in [0.15, 0.2) is 12.1 Å². The number of aromatic hydroxyl groups is 1. The van der Waals surface area contributed by atoms with Gasteiger partial charge < -0.3 is 10.2 Å². The van der Waals surface area contributed by atoms with E-state index in [1.54, 1.807) is 12.1 Å². The standard InChI is InChI=1S/C10H11ClO2/c1-6-2-3-7(12)8(9(6)11)10(13)4-5-10/h2-3,12-13H,4-5H2,1H3. The summed E-state index contributed by atoms with van der Waals surface area (Å²) in [5.41, 5.74) is 0.511. The van der Waals surface area contributed by atoms with Crippen molar-refractivity contribution in [3.63, 3.8) is 0 Å². The average Bonchev–Trinajstić information content (AvgIpc) is 2.78. The van der Waals surface area contributed by atoms with E-state index in [1.165, 1.54) is 0 Å². The van der Waals surface area contributed by atoms with E-state index < -0.39 is 5.60 Å². The Morgan fingerprint density at radius 2 is 2.00 bits per heavy atom. The zero-order chi connectivity index (χ0) is 9.64. The summed E-state index contributed by atoms with van der Waals surface area (Å²) in [6, 6.07) is 3.32. The third-order valence-electron chi connectivity index (χ3n) is 2.50. The molecule has 0 saturated heterocycles. The molecule has 1 aliphatic rings. The van der Waals surface area contributed by atoms with Crippen LogP contribution < -0.4 is 0 Å². The van der Waals surface area contributed by atoms with Crippen molar-refractivity contribution >= 4 is 11.6 Å². The fourth-order valence-corrected chi connectivity index (χ4v) is 1.82. The number of phenols is 1. The van der Waals surface area contributed by atoms with E-state index in [0.717, 1.165) is 5.56 Å². The summed E-state index contributed by atoms with van der Waals surface area (Å²) in [5.74, 6) is 0.0931. The van der Waals surface area contributed by atoms with Crippen LogP contribution in [0.2, 0.25) is 5.02 Å². The Kier molecular flexibility index (Phi) is 1.79. The molecule has 1 saturated carbocycles. The zero-order valence-electron chi connectivity index (χ0n) is 7.34. The van der Waals surface area contributed by atoms with E-state index in [1.807, 2.05) is 6.92 Å². The van der Waals surface area contributed by atoms with Crippen LogP contribution in [0.3, 0.4) is 0 Å². The van der Waals surface area contributed by atoms with Crippen molar-refractivity contribution in [2.45, 2.75) is 25.4 Å². The van der Waals surface area contributed by atoms with Crippen LogP contribution >= 0.6 is 11.6 Å². The van der Waals surface area contributed by atoms with Crippen LogP contribution in [0.1, 0.15) is 24.0 Å². The van der Waals surface area contributed by atoms with Crippen molar-refractivity contribution in [1.82, 2.24) is 0 Å². The van der Waals surface area contributed by atoms with Gasteiger partial charge in [-0.2, -0.15) is 0 Å². The molecule has 0 spiro atoms. The molecule has 0 radical (unpaired) electrons. The molecule has 0 bridgehead atoms. The number of phenolic OH excluding ortho intramolecular Hbond substituents is 1. The second-order valence-corrected chi connectivity index (χ2v) is 4.00. The van der Waals surface area contributed by atoms with Gasteiger partial charge in [0.05, 0.1) is 10.6 Å². The maximum atomic E-state index is 9.84. The van der Waals surface area contributed by atoms with Gasteiger partial charge in [0.2, 0.25) is 0 Å². The lowest BCUT2D eigenvalue weighted by molar-refractivity contribution is 0.148. The van der Waals surface area contributed by atoms with Crippen molar-refractivity contribution in [1.29, 1.82) is 0 Å². The Balaban J connectivity index is 2.61. The van der Waals surface area contributed by atoms with Crippen molar-refractivity contribution in [3.05, 3.63) is 28.3 Å². The van der Waals surface area contributed by atoms with Crippen LogP contribution in [-0.4, -0.2) is 10.2 Å². The third kappa shape index (κ3) is 1.30. The maximum Gasteiger partial charge on any atom is 0.123 e. The van der Waals surface area contributed by atoms with Gasteiger partial charge >= 0.3 is 0 Å².